The molecule has 162 valence electrons. The van der Waals surface area contributed by atoms with Gasteiger partial charge in [-0.05, 0) is 70.0 Å². The highest BCUT2D eigenvalue weighted by atomic mass is 35.5. The third-order valence-electron chi connectivity index (χ3n) is 5.37. The van der Waals surface area contributed by atoms with Gasteiger partial charge < -0.3 is 9.64 Å². The third-order valence-corrected chi connectivity index (χ3v) is 5.87. The van der Waals surface area contributed by atoms with Crippen LogP contribution in [0.15, 0.2) is 48.5 Å². The van der Waals surface area contributed by atoms with Crippen LogP contribution in [0.25, 0.3) is 0 Å². The molecular weight excluding hydrogens is 419 g/mol. The minimum atomic E-state index is -0.508. The van der Waals surface area contributed by atoms with Crippen molar-refractivity contribution in [1.29, 1.82) is 0 Å². The number of nitrogens with zero attached hydrogens (tertiary/aromatic N) is 2. The number of ether oxygens (including phenoxy) is 1. The Kier molecular flexibility index (Phi) is 7.01. The molecule has 1 heterocycles. The molecule has 6 heteroatoms. The largest absolute Gasteiger partial charge is 0.444 e. The predicted octanol–water partition coefficient (Wildman–Crippen LogP) is 6.41. The summed E-state index contributed by atoms with van der Waals surface area (Å²) in [4.78, 5) is 17.0. The van der Waals surface area contributed by atoms with Crippen LogP contribution in [0.2, 0.25) is 10.0 Å². The first kappa shape index (κ1) is 22.9. The van der Waals surface area contributed by atoms with Crippen molar-refractivity contribution < 1.29 is 9.53 Å². The van der Waals surface area contributed by atoms with Gasteiger partial charge in [0.25, 0.3) is 0 Å². The summed E-state index contributed by atoms with van der Waals surface area (Å²) in [5.41, 5.74) is 1.81. The zero-order valence-electron chi connectivity index (χ0n) is 18.2. The summed E-state index contributed by atoms with van der Waals surface area (Å²) in [5.74, 6) is 0. The Morgan fingerprint density at radius 2 is 1.37 bits per heavy atom. The Labute approximate surface area is 189 Å². The summed E-state index contributed by atoms with van der Waals surface area (Å²) in [6.07, 6.45) is -0.254. The average Bonchev–Trinajstić information content (AvgIpc) is 2.66. The highest BCUT2D eigenvalue weighted by Crippen LogP contribution is 2.34. The van der Waals surface area contributed by atoms with E-state index in [1.165, 1.54) is 0 Å². The number of benzene rings is 2. The lowest BCUT2D eigenvalue weighted by molar-refractivity contribution is -0.0163. The Bertz CT molecular complexity index is 817. The van der Waals surface area contributed by atoms with Crippen molar-refractivity contribution in [3.05, 3.63) is 69.7 Å². The van der Waals surface area contributed by atoms with Crippen LogP contribution in [-0.2, 0) is 4.74 Å². The summed E-state index contributed by atoms with van der Waals surface area (Å²) in [6.45, 7) is 11.3. The first-order valence-corrected chi connectivity index (χ1v) is 11.1. The molecule has 2 aromatic rings. The van der Waals surface area contributed by atoms with Gasteiger partial charge in [0, 0.05) is 35.2 Å². The van der Waals surface area contributed by atoms with Crippen LogP contribution in [-0.4, -0.2) is 46.7 Å². The first-order valence-electron chi connectivity index (χ1n) is 10.3. The fraction of sp³-hybridized carbons (Fsp3) is 0.458. The number of rotatable bonds is 3. The monoisotopic (exact) mass is 448 g/mol. The molecule has 0 bridgehead atoms. The van der Waals surface area contributed by atoms with Gasteiger partial charge in [-0.2, -0.15) is 0 Å². The quantitative estimate of drug-likeness (QED) is 0.543. The third kappa shape index (κ3) is 5.48. The molecule has 1 aliphatic heterocycles. The van der Waals surface area contributed by atoms with Crippen molar-refractivity contribution in [3.8, 4) is 0 Å². The molecule has 1 amide bonds. The highest BCUT2D eigenvalue weighted by molar-refractivity contribution is 6.30. The second-order valence-electron chi connectivity index (χ2n) is 9.03. The summed E-state index contributed by atoms with van der Waals surface area (Å²) in [6, 6.07) is 16.2. The Balaban J connectivity index is 1.90. The number of halogens is 2. The summed E-state index contributed by atoms with van der Waals surface area (Å²) < 4.78 is 5.63. The molecule has 1 fully saturated rings. The van der Waals surface area contributed by atoms with Crippen molar-refractivity contribution in [3.63, 3.8) is 0 Å². The number of amides is 1. The maximum absolute atomic E-state index is 12.7. The molecule has 2 aromatic carbocycles. The van der Waals surface area contributed by atoms with Gasteiger partial charge in [0.1, 0.15) is 5.60 Å². The van der Waals surface area contributed by atoms with Crippen LogP contribution in [0, 0.1) is 0 Å². The summed E-state index contributed by atoms with van der Waals surface area (Å²) in [7, 11) is 0. The molecule has 0 unspecified atom stereocenters. The van der Waals surface area contributed by atoms with Crippen LogP contribution < -0.4 is 0 Å². The van der Waals surface area contributed by atoms with E-state index in [1.807, 2.05) is 49.9 Å². The lowest BCUT2D eigenvalue weighted by Gasteiger charge is -2.47. The average molecular weight is 449 g/mol. The fourth-order valence-corrected chi connectivity index (χ4v) is 4.21. The van der Waals surface area contributed by atoms with Crippen LogP contribution in [0.3, 0.4) is 0 Å². The van der Waals surface area contributed by atoms with E-state index in [4.69, 9.17) is 27.9 Å². The van der Waals surface area contributed by atoms with E-state index in [0.717, 1.165) is 17.7 Å². The highest BCUT2D eigenvalue weighted by Gasteiger charge is 2.38. The Morgan fingerprint density at radius 3 is 1.80 bits per heavy atom. The molecule has 2 atom stereocenters. The van der Waals surface area contributed by atoms with Crippen molar-refractivity contribution in [2.24, 2.45) is 0 Å². The number of hydrogen-bond acceptors (Lipinski definition) is 3. The van der Waals surface area contributed by atoms with Crippen LogP contribution in [0.4, 0.5) is 4.79 Å². The summed E-state index contributed by atoms with van der Waals surface area (Å²) in [5, 5.41) is 1.43. The van der Waals surface area contributed by atoms with E-state index in [-0.39, 0.29) is 24.2 Å². The van der Waals surface area contributed by atoms with E-state index in [1.54, 1.807) is 0 Å². The van der Waals surface area contributed by atoms with Crippen LogP contribution >= 0.6 is 23.2 Å². The van der Waals surface area contributed by atoms with Gasteiger partial charge in [-0.15, -0.1) is 0 Å². The molecule has 3 rings (SSSR count). The zero-order valence-corrected chi connectivity index (χ0v) is 19.7. The van der Waals surface area contributed by atoms with Crippen LogP contribution in [0.5, 0.6) is 0 Å². The molecule has 0 radical (unpaired) electrons. The van der Waals surface area contributed by atoms with Gasteiger partial charge >= 0.3 is 6.09 Å². The molecule has 4 nitrogen and oxygen atoms in total. The van der Waals surface area contributed by atoms with Gasteiger partial charge in [-0.1, -0.05) is 47.5 Å². The standard InChI is InChI=1S/C24H30Cl2N2O2/c1-16-15-28(23(29)30-24(3,4)5)17(2)14-27(16)22(18-6-10-20(25)11-7-18)19-8-12-21(26)13-9-19/h6-13,16-17,22H,14-15H2,1-5H3/t16-,17-/m0/s1. The van der Waals surface area contributed by atoms with Crippen molar-refractivity contribution in [2.75, 3.05) is 13.1 Å². The number of piperazine rings is 1. The minimum Gasteiger partial charge on any atom is -0.444 e. The summed E-state index contributed by atoms with van der Waals surface area (Å²) >= 11 is 12.3. The number of hydrogen-bond donors (Lipinski definition) is 0. The van der Waals surface area contributed by atoms with Gasteiger partial charge in [0.15, 0.2) is 0 Å². The normalized spacial score (nSPS) is 20.5. The maximum atomic E-state index is 12.7. The van der Waals surface area contributed by atoms with Crippen molar-refractivity contribution >= 4 is 29.3 Å². The van der Waals surface area contributed by atoms with E-state index in [9.17, 15) is 4.79 Å². The second kappa shape index (κ2) is 9.17. The van der Waals surface area contributed by atoms with Gasteiger partial charge in [-0.3, -0.25) is 4.90 Å². The maximum Gasteiger partial charge on any atom is 0.410 e. The topological polar surface area (TPSA) is 32.8 Å². The van der Waals surface area contributed by atoms with Gasteiger partial charge in [0.05, 0.1) is 6.04 Å². The molecule has 1 aliphatic rings. The SMILES string of the molecule is C[C@H]1CN(C(c2ccc(Cl)cc2)c2ccc(Cl)cc2)[C@@H](C)CN1C(=O)OC(C)(C)C. The zero-order chi connectivity index (χ0) is 22.1. The van der Waals surface area contributed by atoms with E-state index < -0.39 is 5.60 Å². The Morgan fingerprint density at radius 1 is 0.900 bits per heavy atom. The fourth-order valence-electron chi connectivity index (χ4n) is 3.95. The lowest BCUT2D eigenvalue weighted by Crippen LogP contribution is -2.59. The predicted molar refractivity (Wildman–Crippen MR) is 123 cm³/mol. The van der Waals surface area contributed by atoms with Crippen molar-refractivity contribution in [2.45, 2.75) is 58.3 Å². The second-order valence-corrected chi connectivity index (χ2v) is 9.91. The Hall–Kier alpha value is -1.75. The molecule has 0 N–H and O–H groups in total. The van der Waals surface area contributed by atoms with E-state index >= 15 is 0 Å². The molecule has 0 spiro atoms. The molecule has 0 saturated carbocycles. The van der Waals surface area contributed by atoms with Crippen molar-refractivity contribution in [1.82, 2.24) is 9.80 Å². The lowest BCUT2D eigenvalue weighted by atomic mass is 9.93. The minimum absolute atomic E-state index is 0.0261. The smallest absolute Gasteiger partial charge is 0.410 e. The molecular formula is C24H30Cl2N2O2. The first-order chi connectivity index (χ1) is 14.0. The molecule has 30 heavy (non-hydrogen) atoms. The number of carbonyl (C=O) groups excluding carboxylic acids is 1. The van der Waals surface area contributed by atoms with Crippen LogP contribution in [0.1, 0.15) is 51.8 Å². The van der Waals surface area contributed by atoms with Gasteiger partial charge in [-0.25, -0.2) is 4.79 Å². The van der Waals surface area contributed by atoms with E-state index in [0.29, 0.717) is 16.6 Å². The van der Waals surface area contributed by atoms with E-state index in [2.05, 4.69) is 43.0 Å². The number of carbonyl (C=O) groups is 1. The molecule has 1 saturated heterocycles. The molecule has 0 aromatic heterocycles. The van der Waals surface area contributed by atoms with Gasteiger partial charge in [0.2, 0.25) is 0 Å². The molecule has 0 aliphatic carbocycles.